The van der Waals surface area contributed by atoms with Gasteiger partial charge in [0.25, 0.3) is 0 Å². The summed E-state index contributed by atoms with van der Waals surface area (Å²) < 4.78 is 11.1. The molecule has 0 aliphatic carbocycles. The number of Topliss-reactive ketones (excluding diaryl/α,β-unsaturated/α-hetero) is 2. The molecular formula is C35H48O6. The van der Waals surface area contributed by atoms with Gasteiger partial charge in [0.1, 0.15) is 24.8 Å². The van der Waals surface area contributed by atoms with Crippen LogP contribution in [0.15, 0.2) is 60.7 Å². The fraction of sp³-hybridized carbons (Fsp3) is 0.543. The van der Waals surface area contributed by atoms with E-state index in [2.05, 4.69) is 13.8 Å². The van der Waals surface area contributed by atoms with E-state index in [-0.39, 0.29) is 31.2 Å². The lowest BCUT2D eigenvalue weighted by Crippen LogP contribution is -2.32. The zero-order chi connectivity index (χ0) is 30.1. The first-order chi connectivity index (χ1) is 19.6. The number of hydrogen-bond donors (Lipinski definition) is 0. The highest BCUT2D eigenvalue weighted by Crippen LogP contribution is 2.33. The Morgan fingerprint density at radius 3 is 1.56 bits per heavy atom. The van der Waals surface area contributed by atoms with E-state index < -0.39 is 23.3 Å². The Morgan fingerprint density at radius 1 is 0.659 bits per heavy atom. The van der Waals surface area contributed by atoms with Crippen molar-refractivity contribution in [1.29, 1.82) is 0 Å². The molecule has 2 rings (SSSR count). The lowest BCUT2D eigenvalue weighted by atomic mass is 9.78. The molecule has 224 valence electrons. The van der Waals surface area contributed by atoms with Gasteiger partial charge in [-0.15, -0.1) is 0 Å². The maximum atomic E-state index is 13.1. The number of ketones is 2. The Kier molecular flexibility index (Phi) is 15.1. The van der Waals surface area contributed by atoms with E-state index in [0.717, 1.165) is 24.0 Å². The number of hydrogen-bond acceptors (Lipinski definition) is 6. The molecule has 0 bridgehead atoms. The third kappa shape index (κ3) is 14.8. The van der Waals surface area contributed by atoms with Crippen LogP contribution < -0.4 is 0 Å². The molecule has 0 radical (unpaired) electrons. The molecule has 41 heavy (non-hydrogen) atoms. The van der Waals surface area contributed by atoms with Crippen molar-refractivity contribution >= 4 is 23.5 Å². The molecule has 0 spiro atoms. The summed E-state index contributed by atoms with van der Waals surface area (Å²) >= 11 is 0. The van der Waals surface area contributed by atoms with E-state index in [1.165, 1.54) is 0 Å². The summed E-state index contributed by atoms with van der Waals surface area (Å²) in [5.74, 6) is -1.28. The molecule has 0 unspecified atom stereocenters. The average Bonchev–Trinajstić information content (AvgIpc) is 2.94. The molecular weight excluding hydrogens is 516 g/mol. The average molecular weight is 565 g/mol. The van der Waals surface area contributed by atoms with Gasteiger partial charge < -0.3 is 9.47 Å². The second-order valence-electron chi connectivity index (χ2n) is 12.2. The second kappa shape index (κ2) is 18.2. The molecule has 0 aliphatic heterocycles. The fourth-order valence-corrected chi connectivity index (χ4v) is 4.78. The van der Waals surface area contributed by atoms with Crippen molar-refractivity contribution in [2.75, 3.05) is 0 Å². The summed E-state index contributed by atoms with van der Waals surface area (Å²) in [5, 5.41) is 0. The minimum absolute atomic E-state index is 0.0807. The van der Waals surface area contributed by atoms with Crippen molar-refractivity contribution in [1.82, 2.24) is 0 Å². The van der Waals surface area contributed by atoms with Crippen LogP contribution in [-0.4, -0.2) is 23.5 Å². The van der Waals surface area contributed by atoms with Gasteiger partial charge in [0, 0.05) is 25.7 Å². The molecule has 0 atom stereocenters. The summed E-state index contributed by atoms with van der Waals surface area (Å²) in [6.07, 6.45) is 6.05. The molecule has 6 nitrogen and oxygen atoms in total. The molecule has 0 N–H and O–H groups in total. The van der Waals surface area contributed by atoms with Gasteiger partial charge in [0.15, 0.2) is 5.92 Å². The number of carbonyl (C=O) groups excluding carboxylic acids is 4. The van der Waals surface area contributed by atoms with Crippen molar-refractivity contribution in [2.45, 2.75) is 105 Å². The van der Waals surface area contributed by atoms with Crippen LogP contribution in [0.1, 0.15) is 103 Å². The predicted octanol–water partition coefficient (Wildman–Crippen LogP) is 7.81. The smallest absolute Gasteiger partial charge is 0.320 e. The van der Waals surface area contributed by atoms with E-state index >= 15 is 0 Å². The van der Waals surface area contributed by atoms with Gasteiger partial charge in [-0.1, -0.05) is 94.8 Å². The zero-order valence-corrected chi connectivity index (χ0v) is 25.4. The maximum Gasteiger partial charge on any atom is 0.320 e. The van der Waals surface area contributed by atoms with E-state index in [1.54, 1.807) is 0 Å². The van der Waals surface area contributed by atoms with Gasteiger partial charge >= 0.3 is 11.9 Å². The normalized spacial score (nSPS) is 11.5. The lowest BCUT2D eigenvalue weighted by Gasteiger charge is -2.28. The zero-order valence-electron chi connectivity index (χ0n) is 25.4. The number of carbonyl (C=O) groups is 4. The first-order valence-corrected chi connectivity index (χ1v) is 15.0. The number of rotatable bonds is 20. The van der Waals surface area contributed by atoms with Crippen LogP contribution in [0.25, 0.3) is 0 Å². The third-order valence-corrected chi connectivity index (χ3v) is 7.23. The highest BCUT2D eigenvalue weighted by molar-refractivity contribution is 5.95. The van der Waals surface area contributed by atoms with Gasteiger partial charge in [-0.25, -0.2) is 0 Å². The van der Waals surface area contributed by atoms with Crippen LogP contribution in [0.4, 0.5) is 0 Å². The Labute approximate surface area is 246 Å². The van der Waals surface area contributed by atoms with E-state index in [0.29, 0.717) is 50.9 Å². The van der Waals surface area contributed by atoms with Crippen molar-refractivity contribution in [3.8, 4) is 0 Å². The fourth-order valence-electron chi connectivity index (χ4n) is 4.78. The van der Waals surface area contributed by atoms with Crippen LogP contribution in [0.2, 0.25) is 0 Å². The van der Waals surface area contributed by atoms with E-state index in [9.17, 15) is 19.2 Å². The highest BCUT2D eigenvalue weighted by atomic mass is 16.6. The molecule has 0 heterocycles. The summed E-state index contributed by atoms with van der Waals surface area (Å²) in [6.45, 7) is 8.46. The molecule has 0 amide bonds. The second-order valence-corrected chi connectivity index (χ2v) is 12.2. The highest BCUT2D eigenvalue weighted by Gasteiger charge is 2.35. The SMILES string of the molecule is CC(C)CCCC(=O)CCCC(=O)CCCC(C)(C)CC(C(=O)OCc1ccccc1)C(=O)OCc1ccccc1. The first kappa shape index (κ1) is 33.9. The van der Waals surface area contributed by atoms with E-state index in [4.69, 9.17) is 9.47 Å². The van der Waals surface area contributed by atoms with Crippen LogP contribution >= 0.6 is 0 Å². The van der Waals surface area contributed by atoms with Gasteiger partial charge in [-0.3, -0.25) is 19.2 Å². The molecule has 2 aromatic rings. The minimum atomic E-state index is -1.06. The standard InChI is InChI=1S/C35H48O6/c1-27(2)14-11-19-30(36)20-12-21-31(37)22-13-23-35(3,4)24-32(33(38)40-25-28-15-7-5-8-16-28)34(39)41-26-29-17-9-6-10-18-29/h5-10,15-18,27,32H,11-14,19-26H2,1-4H3. The summed E-state index contributed by atoms with van der Waals surface area (Å²) in [5.41, 5.74) is 1.29. The van der Waals surface area contributed by atoms with Crippen molar-refractivity contribution in [2.24, 2.45) is 17.3 Å². The molecule has 2 aromatic carbocycles. The predicted molar refractivity (Wildman–Crippen MR) is 161 cm³/mol. The van der Waals surface area contributed by atoms with E-state index in [1.807, 2.05) is 74.5 Å². The molecule has 0 saturated heterocycles. The quantitative estimate of drug-likeness (QED) is 0.120. The number of ether oxygens (including phenoxy) is 2. The Bertz CT molecular complexity index is 1020. The Balaban J connectivity index is 1.85. The third-order valence-electron chi connectivity index (χ3n) is 7.23. The van der Waals surface area contributed by atoms with Gasteiger partial charge in [0.2, 0.25) is 0 Å². The first-order valence-electron chi connectivity index (χ1n) is 15.0. The van der Waals surface area contributed by atoms with Crippen LogP contribution in [0, 0.1) is 17.3 Å². The monoisotopic (exact) mass is 564 g/mol. The van der Waals surface area contributed by atoms with Crippen LogP contribution in [-0.2, 0) is 41.9 Å². The topological polar surface area (TPSA) is 86.7 Å². The molecule has 0 saturated carbocycles. The Hall–Kier alpha value is -3.28. The van der Waals surface area contributed by atoms with Crippen molar-refractivity contribution in [3.05, 3.63) is 71.8 Å². The largest absolute Gasteiger partial charge is 0.460 e. The number of benzene rings is 2. The molecule has 0 aromatic heterocycles. The summed E-state index contributed by atoms with van der Waals surface area (Å²) in [6, 6.07) is 18.7. The van der Waals surface area contributed by atoms with Crippen molar-refractivity contribution < 1.29 is 28.7 Å². The van der Waals surface area contributed by atoms with Gasteiger partial charge in [-0.05, 0) is 54.6 Å². The summed E-state index contributed by atoms with van der Waals surface area (Å²) in [7, 11) is 0. The molecule has 0 aliphatic rings. The van der Waals surface area contributed by atoms with Gasteiger partial charge in [-0.2, -0.15) is 0 Å². The maximum absolute atomic E-state index is 13.1. The van der Waals surface area contributed by atoms with Crippen molar-refractivity contribution in [3.63, 3.8) is 0 Å². The van der Waals surface area contributed by atoms with Crippen LogP contribution in [0.3, 0.4) is 0 Å². The Morgan fingerprint density at radius 2 is 1.10 bits per heavy atom. The molecule has 6 heteroatoms. The number of esters is 2. The molecule has 0 fully saturated rings. The van der Waals surface area contributed by atoms with Gasteiger partial charge in [0.05, 0.1) is 0 Å². The van der Waals surface area contributed by atoms with Crippen LogP contribution in [0.5, 0.6) is 0 Å². The minimum Gasteiger partial charge on any atom is -0.460 e. The lowest BCUT2D eigenvalue weighted by molar-refractivity contribution is -0.165. The summed E-state index contributed by atoms with van der Waals surface area (Å²) in [4.78, 5) is 50.7.